The third kappa shape index (κ3) is 2.77. The van der Waals surface area contributed by atoms with Gasteiger partial charge in [0.05, 0.1) is 5.92 Å². The number of benzene rings is 1. The molecule has 0 aliphatic carbocycles. The van der Waals surface area contributed by atoms with Gasteiger partial charge in [-0.25, -0.2) is 0 Å². The van der Waals surface area contributed by atoms with Crippen LogP contribution in [0.5, 0.6) is 0 Å². The van der Waals surface area contributed by atoms with Crippen molar-refractivity contribution in [2.45, 2.75) is 19.3 Å². The molecule has 0 amide bonds. The Morgan fingerprint density at radius 2 is 1.94 bits per heavy atom. The Labute approximate surface area is 106 Å². The number of nitrogens with zero attached hydrogens (tertiary/aromatic N) is 1. The highest BCUT2D eigenvalue weighted by molar-refractivity contribution is 5.30. The summed E-state index contributed by atoms with van der Waals surface area (Å²) in [7, 11) is 0. The first-order valence-electron chi connectivity index (χ1n) is 6.05. The second-order valence-corrected chi connectivity index (χ2v) is 4.27. The molecule has 1 atom stereocenters. The van der Waals surface area contributed by atoms with E-state index >= 15 is 0 Å². The predicted molar refractivity (Wildman–Crippen MR) is 70.3 cm³/mol. The van der Waals surface area contributed by atoms with Gasteiger partial charge in [-0.15, -0.1) is 0 Å². The Morgan fingerprint density at radius 3 is 2.50 bits per heavy atom. The Balaban J connectivity index is 2.33. The Morgan fingerprint density at radius 1 is 1.22 bits per heavy atom. The summed E-state index contributed by atoms with van der Waals surface area (Å²) in [5.74, 6) is -0.207. The van der Waals surface area contributed by atoms with Crippen molar-refractivity contribution in [3.8, 4) is 0 Å². The summed E-state index contributed by atoms with van der Waals surface area (Å²) >= 11 is 0. The number of rotatable bonds is 5. The zero-order valence-corrected chi connectivity index (χ0v) is 10.3. The van der Waals surface area contributed by atoms with E-state index in [0.717, 1.165) is 23.4 Å². The van der Waals surface area contributed by atoms with Crippen LogP contribution in [0.25, 0.3) is 0 Å². The van der Waals surface area contributed by atoms with Crippen molar-refractivity contribution in [1.82, 2.24) is 4.98 Å². The third-order valence-corrected chi connectivity index (χ3v) is 3.06. The highest BCUT2D eigenvalue weighted by atomic mass is 16.6. The van der Waals surface area contributed by atoms with E-state index in [1.165, 1.54) is 0 Å². The van der Waals surface area contributed by atoms with Crippen molar-refractivity contribution in [1.29, 1.82) is 0 Å². The minimum atomic E-state index is -0.260. The maximum absolute atomic E-state index is 10.8. The standard InChI is InChI=1S/C14H16N2O2/c1-2-12-8-9-14(15-12)13(10-16(17)18)11-6-4-3-5-7-11/h3-9,13,15H,2,10H2,1H3/t13-/m0/s1. The molecule has 0 bridgehead atoms. The smallest absolute Gasteiger partial charge is 0.216 e. The van der Waals surface area contributed by atoms with Gasteiger partial charge < -0.3 is 4.98 Å². The van der Waals surface area contributed by atoms with E-state index in [1.807, 2.05) is 42.5 Å². The van der Waals surface area contributed by atoms with Crippen LogP contribution in [0.4, 0.5) is 0 Å². The van der Waals surface area contributed by atoms with Crippen LogP contribution in [0.2, 0.25) is 0 Å². The molecule has 18 heavy (non-hydrogen) atoms. The molecule has 0 unspecified atom stereocenters. The first-order chi connectivity index (χ1) is 8.70. The fourth-order valence-electron chi connectivity index (χ4n) is 2.09. The van der Waals surface area contributed by atoms with E-state index in [9.17, 15) is 10.1 Å². The average Bonchev–Trinajstić information content (AvgIpc) is 2.85. The number of hydrogen-bond donors (Lipinski definition) is 1. The number of aromatic amines is 1. The summed E-state index contributed by atoms with van der Waals surface area (Å²) in [6, 6.07) is 13.5. The van der Waals surface area contributed by atoms with Crippen LogP contribution in [0.3, 0.4) is 0 Å². The van der Waals surface area contributed by atoms with Crippen molar-refractivity contribution in [3.63, 3.8) is 0 Å². The lowest BCUT2D eigenvalue weighted by molar-refractivity contribution is -0.481. The summed E-state index contributed by atoms with van der Waals surface area (Å²) in [5.41, 5.74) is 2.99. The molecule has 2 aromatic rings. The van der Waals surface area contributed by atoms with Gasteiger partial charge in [0.2, 0.25) is 6.54 Å². The van der Waals surface area contributed by atoms with E-state index in [0.29, 0.717) is 0 Å². The van der Waals surface area contributed by atoms with Crippen molar-refractivity contribution >= 4 is 0 Å². The molecule has 1 N–H and O–H groups in total. The average molecular weight is 244 g/mol. The maximum atomic E-state index is 10.8. The number of nitrogens with one attached hydrogen (secondary N) is 1. The maximum Gasteiger partial charge on any atom is 0.216 e. The number of H-pyrrole nitrogens is 1. The molecular weight excluding hydrogens is 228 g/mol. The fraction of sp³-hybridized carbons (Fsp3) is 0.286. The molecule has 1 aromatic carbocycles. The zero-order valence-electron chi connectivity index (χ0n) is 10.3. The van der Waals surface area contributed by atoms with Crippen molar-refractivity contribution in [3.05, 3.63) is 69.5 Å². The van der Waals surface area contributed by atoms with Crippen LogP contribution in [0, 0.1) is 10.1 Å². The van der Waals surface area contributed by atoms with Gasteiger partial charge in [0, 0.05) is 16.3 Å². The molecule has 2 rings (SSSR count). The number of aromatic nitrogens is 1. The lowest BCUT2D eigenvalue weighted by Gasteiger charge is -2.11. The summed E-state index contributed by atoms with van der Waals surface area (Å²) in [4.78, 5) is 13.8. The van der Waals surface area contributed by atoms with Gasteiger partial charge in [-0.3, -0.25) is 10.1 Å². The van der Waals surface area contributed by atoms with Crippen molar-refractivity contribution < 1.29 is 4.92 Å². The topological polar surface area (TPSA) is 58.9 Å². The lowest BCUT2D eigenvalue weighted by atomic mass is 9.96. The first-order valence-corrected chi connectivity index (χ1v) is 6.05. The fourth-order valence-corrected chi connectivity index (χ4v) is 2.09. The van der Waals surface area contributed by atoms with Crippen molar-refractivity contribution in [2.75, 3.05) is 6.54 Å². The highest BCUT2D eigenvalue weighted by Gasteiger charge is 2.21. The van der Waals surface area contributed by atoms with Crippen molar-refractivity contribution in [2.24, 2.45) is 0 Å². The minimum absolute atomic E-state index is 0.0896. The number of aryl methyl sites for hydroxylation is 1. The quantitative estimate of drug-likeness (QED) is 0.649. The van der Waals surface area contributed by atoms with E-state index < -0.39 is 0 Å². The van der Waals surface area contributed by atoms with Crippen LogP contribution in [0.1, 0.15) is 29.8 Å². The molecule has 0 saturated carbocycles. The zero-order chi connectivity index (χ0) is 13.0. The summed E-state index contributed by atoms with van der Waals surface area (Å²) in [6.07, 6.45) is 0.903. The molecule has 0 fully saturated rings. The van der Waals surface area contributed by atoms with Crippen LogP contribution in [0.15, 0.2) is 42.5 Å². The van der Waals surface area contributed by atoms with E-state index in [-0.39, 0.29) is 17.4 Å². The number of nitro groups is 1. The van der Waals surface area contributed by atoms with Crippen LogP contribution >= 0.6 is 0 Å². The molecule has 0 aliphatic rings. The second-order valence-electron chi connectivity index (χ2n) is 4.27. The van der Waals surface area contributed by atoms with Crippen LogP contribution in [-0.2, 0) is 6.42 Å². The molecule has 0 aliphatic heterocycles. The van der Waals surface area contributed by atoms with E-state index in [1.54, 1.807) is 0 Å². The molecular formula is C14H16N2O2. The van der Waals surface area contributed by atoms with Gasteiger partial charge in [-0.1, -0.05) is 37.3 Å². The molecule has 0 saturated heterocycles. The van der Waals surface area contributed by atoms with E-state index in [2.05, 4.69) is 11.9 Å². The van der Waals surface area contributed by atoms with Gasteiger partial charge in [-0.2, -0.15) is 0 Å². The monoisotopic (exact) mass is 244 g/mol. The molecule has 0 radical (unpaired) electrons. The van der Waals surface area contributed by atoms with Crippen LogP contribution in [-0.4, -0.2) is 16.5 Å². The summed E-state index contributed by atoms with van der Waals surface area (Å²) in [6.45, 7) is 1.97. The van der Waals surface area contributed by atoms with Gasteiger partial charge in [0.25, 0.3) is 0 Å². The summed E-state index contributed by atoms with van der Waals surface area (Å²) in [5, 5.41) is 10.8. The molecule has 4 nitrogen and oxygen atoms in total. The highest BCUT2D eigenvalue weighted by Crippen LogP contribution is 2.24. The molecule has 0 spiro atoms. The van der Waals surface area contributed by atoms with Gasteiger partial charge >= 0.3 is 0 Å². The molecule has 94 valence electrons. The Bertz CT molecular complexity index is 520. The molecule has 1 heterocycles. The predicted octanol–water partition coefficient (Wildman–Crippen LogP) is 2.99. The molecule has 1 aromatic heterocycles. The second kappa shape index (κ2) is 5.49. The van der Waals surface area contributed by atoms with Crippen LogP contribution < -0.4 is 0 Å². The lowest BCUT2D eigenvalue weighted by Crippen LogP contribution is -2.14. The Kier molecular flexibility index (Phi) is 3.77. The normalized spacial score (nSPS) is 12.3. The largest absolute Gasteiger partial charge is 0.362 e. The molecule has 4 heteroatoms. The minimum Gasteiger partial charge on any atom is -0.362 e. The Hall–Kier alpha value is -2.10. The summed E-state index contributed by atoms with van der Waals surface area (Å²) < 4.78 is 0. The third-order valence-electron chi connectivity index (χ3n) is 3.06. The number of hydrogen-bond acceptors (Lipinski definition) is 2. The van der Waals surface area contributed by atoms with E-state index in [4.69, 9.17) is 0 Å². The van der Waals surface area contributed by atoms with Gasteiger partial charge in [0.15, 0.2) is 0 Å². The first kappa shape index (κ1) is 12.4. The van der Waals surface area contributed by atoms with Gasteiger partial charge in [0.1, 0.15) is 0 Å². The van der Waals surface area contributed by atoms with Gasteiger partial charge in [-0.05, 0) is 24.1 Å². The SMILES string of the molecule is CCc1ccc([C@@H](C[N+](=O)[O-])c2ccccc2)[nH]1.